The van der Waals surface area contributed by atoms with Gasteiger partial charge in [0, 0.05) is 45.5 Å². The van der Waals surface area contributed by atoms with E-state index in [-0.39, 0.29) is 77.6 Å². The Kier molecular flexibility index (Phi) is 64.6. The van der Waals surface area contributed by atoms with Crippen LogP contribution in [0.25, 0.3) is 0 Å². The van der Waals surface area contributed by atoms with Crippen LogP contribution in [0, 0.1) is 17.8 Å². The second-order valence-corrected chi connectivity index (χ2v) is 36.9. The quantitative estimate of drug-likeness (QED) is 0.0117. The first-order valence-electron chi connectivity index (χ1n) is 38.7. The maximum atomic E-state index is 12.2. The van der Waals surface area contributed by atoms with E-state index in [1.54, 1.807) is 40.4 Å². The van der Waals surface area contributed by atoms with Crippen LogP contribution in [0.4, 0.5) is 0 Å². The number of rotatable bonds is 31. The number of alkyl halides is 1. The molecule has 0 fully saturated rings. The molecule has 19 heteroatoms. The average molecular weight is 1650 g/mol. The highest BCUT2D eigenvalue weighted by Gasteiger charge is 2.42. The highest BCUT2D eigenvalue weighted by Crippen LogP contribution is 2.44. The van der Waals surface area contributed by atoms with E-state index in [2.05, 4.69) is 181 Å². The first-order chi connectivity index (χ1) is 53.5. The standard InChI is InChI=1S/C24H44O3Si.C21H19OP.C18H28O5.C16H26O3.C7H12O.C5H8O.C2H3BrO2/c1-11-13-14-15-16-17-26-19-20(3)18-21(4)23(22(12-2)25-8)27-28(9,10)24(5,6)7;1-18(22)17-23(19-11-5-2-6-12-19,20-13-7-3-8-14-20)21-15-9-4-10-16-21;1-14-11-15(2)18(23-13-17(19)20)16(21-3)9-7-5-4-6-8-10-22-12-14;1-13-11-14(2)16(17)15(18-3)9-7-5-4-6-8-10-19-12-13;1-2-3-4-5-6-7-8;1-2-3-4-5-6;3-1-2(4)5/h11-12,15-16,18,21-23H,1-2,13-14,17,19H2,3-10H3;2-17H,1H3;6-9,11,15-16,18H,4-5,10,12-13H2,1-3H3,(H,19,20);6-9,11,14-17H,4-5,10,12H2,1-3H3;2,5-6,8H,1,3-4,7H2;2,5H,1,3-4H2;1H2,(H,4,5)/b16-15+,20-18-;;8-6+,9-7+,14-11-;8-6+,9-7+,13-11-;6-5+;;/t21-,22+,23+;;15-,16+,18+;14-,15+,16+;;;/m1.11.../s1. The number of hydrogen-bond donors (Lipinski definition) is 4. The molecule has 0 aromatic heterocycles. The zero-order valence-electron chi connectivity index (χ0n) is 70.3. The Morgan fingerprint density at radius 2 is 1.09 bits per heavy atom. The summed E-state index contributed by atoms with van der Waals surface area (Å²) in [7, 11) is 3.04. The van der Waals surface area contributed by atoms with E-state index in [4.69, 9.17) is 52.9 Å². The van der Waals surface area contributed by atoms with Gasteiger partial charge in [-0.05, 0) is 132 Å². The Balaban J connectivity index is 0. The largest absolute Gasteiger partial charge is 0.481 e. The van der Waals surface area contributed by atoms with Crippen molar-refractivity contribution in [2.75, 3.05) is 79.5 Å². The van der Waals surface area contributed by atoms with Crippen LogP contribution in [0.5, 0.6) is 0 Å². The van der Waals surface area contributed by atoms with Gasteiger partial charge in [-0.2, -0.15) is 0 Å². The van der Waals surface area contributed by atoms with Crippen LogP contribution in [-0.4, -0.2) is 175 Å². The number of aliphatic hydroxyl groups excluding tert-OH is 2. The number of carbonyl (C=O) groups is 4. The molecule has 2 heterocycles. The minimum Gasteiger partial charge on any atom is -0.481 e. The molecular formula is C93H140BrO16PSi. The smallest absolute Gasteiger partial charge is 0.329 e. The fourth-order valence-corrected chi connectivity index (χ4v) is 16.0. The number of benzene rings is 3. The lowest BCUT2D eigenvalue weighted by molar-refractivity contribution is -0.148. The number of aldehydes is 1. The van der Waals surface area contributed by atoms with Crippen LogP contribution in [0.15, 0.2) is 249 Å². The third-order valence-corrected chi connectivity index (χ3v) is 26.5. The van der Waals surface area contributed by atoms with Crippen molar-refractivity contribution in [3.05, 3.63) is 249 Å². The zero-order valence-corrected chi connectivity index (χ0v) is 73.7. The molecule has 112 heavy (non-hydrogen) atoms. The number of aliphatic hydroxyl groups is 2. The van der Waals surface area contributed by atoms with Gasteiger partial charge in [-0.3, -0.25) is 9.59 Å². The summed E-state index contributed by atoms with van der Waals surface area (Å²) in [5, 5.41) is 38.9. The number of carbonyl (C=O) groups excluding carboxylic acids is 2. The van der Waals surface area contributed by atoms with Gasteiger partial charge < -0.3 is 62.8 Å². The molecule has 2 aliphatic rings. The van der Waals surface area contributed by atoms with Crippen molar-refractivity contribution in [2.24, 2.45) is 17.8 Å². The summed E-state index contributed by atoms with van der Waals surface area (Å²) >= 11 is 2.71. The summed E-state index contributed by atoms with van der Waals surface area (Å²) in [4.78, 5) is 41.8. The van der Waals surface area contributed by atoms with Gasteiger partial charge in [0.2, 0.25) is 0 Å². The minimum absolute atomic E-state index is 0.00559. The molecule has 3 aromatic carbocycles. The van der Waals surface area contributed by atoms with Crippen molar-refractivity contribution in [2.45, 2.75) is 188 Å². The maximum Gasteiger partial charge on any atom is 0.329 e. The van der Waals surface area contributed by atoms with Crippen molar-refractivity contribution in [1.82, 2.24) is 0 Å². The van der Waals surface area contributed by atoms with Crippen molar-refractivity contribution >= 4 is 76.9 Å². The number of carboxylic acid groups (broad SMARTS) is 2. The molecule has 0 spiro atoms. The number of allylic oxidation sites excluding steroid dienone is 9. The fourth-order valence-electron chi connectivity index (χ4n) is 10.8. The molecule has 4 N–H and O–H groups in total. The number of unbranched alkanes of at least 4 members (excludes halogenated alkanes) is 3. The van der Waals surface area contributed by atoms with E-state index < -0.39 is 33.2 Å². The van der Waals surface area contributed by atoms with Gasteiger partial charge >= 0.3 is 11.9 Å². The van der Waals surface area contributed by atoms with Crippen molar-refractivity contribution in [3.63, 3.8) is 0 Å². The van der Waals surface area contributed by atoms with Crippen molar-refractivity contribution in [1.29, 1.82) is 0 Å². The van der Waals surface area contributed by atoms with Gasteiger partial charge in [0.05, 0.1) is 64.6 Å². The zero-order chi connectivity index (χ0) is 84.4. The molecule has 0 unspecified atom stereocenters. The van der Waals surface area contributed by atoms with Crippen LogP contribution in [0.2, 0.25) is 18.1 Å². The molecule has 0 saturated heterocycles. The first-order valence-corrected chi connectivity index (χ1v) is 44.6. The molecule has 0 saturated carbocycles. The average Bonchev–Trinajstić information content (AvgIpc) is 0.758. The van der Waals surface area contributed by atoms with E-state index in [0.717, 1.165) is 75.2 Å². The van der Waals surface area contributed by atoms with Gasteiger partial charge in [0.15, 0.2) is 14.1 Å². The SMILES string of the molecule is C=CCC/C=C/CO.C=CCC/C=C/COC/C(C)=C\[C@@H](C)[C@H](O[Si](C)(C)C(C)(C)C)[C@H](C=C)OC.C=CCCC=O.CC(=O)C=P(c1ccccc1)(c1ccccc1)c1ccccc1.CO[C@H]1/C=C/CC/C=C/COC/C(C)=C\[C@@H](C)[C@@H]1O.CO[C@H]1/C=C/CC/C=C/COC/C(C)=C\[C@@H](C)[C@@H]1OCC(=O)O.O=C(O)CBr. The first kappa shape index (κ1) is 107. The number of carboxylic acids is 2. The van der Waals surface area contributed by atoms with E-state index in [9.17, 15) is 24.3 Å². The van der Waals surface area contributed by atoms with Crippen LogP contribution in [0.3, 0.4) is 0 Å². The number of ether oxygens (including phenoxy) is 7. The Bertz CT molecular complexity index is 3250. The Morgan fingerprint density at radius 3 is 1.48 bits per heavy atom. The number of ketones is 1. The Morgan fingerprint density at radius 1 is 0.643 bits per heavy atom. The molecule has 0 amide bonds. The highest BCUT2D eigenvalue weighted by molar-refractivity contribution is 9.09. The summed E-state index contributed by atoms with van der Waals surface area (Å²) in [5.41, 5.74) is 3.43. The summed E-state index contributed by atoms with van der Waals surface area (Å²) in [6.45, 7) is 41.3. The topological polar surface area (TPSA) is 223 Å². The monoisotopic (exact) mass is 1650 g/mol. The number of hydrogen-bond acceptors (Lipinski definition) is 14. The van der Waals surface area contributed by atoms with Crippen molar-refractivity contribution < 1.29 is 77.2 Å². The van der Waals surface area contributed by atoms with Crippen LogP contribution in [-0.2, 0) is 56.8 Å². The van der Waals surface area contributed by atoms with Crippen LogP contribution < -0.4 is 15.9 Å². The highest BCUT2D eigenvalue weighted by atomic mass is 79.9. The van der Waals surface area contributed by atoms with E-state index in [0.29, 0.717) is 46.1 Å². The third kappa shape index (κ3) is 50.4. The second kappa shape index (κ2) is 67.5. The van der Waals surface area contributed by atoms with Gasteiger partial charge in [0.25, 0.3) is 0 Å². The van der Waals surface area contributed by atoms with Gasteiger partial charge in [-0.25, -0.2) is 4.79 Å². The van der Waals surface area contributed by atoms with Gasteiger partial charge in [-0.15, -0.1) is 26.3 Å². The van der Waals surface area contributed by atoms with Crippen molar-refractivity contribution in [3.8, 4) is 0 Å². The lowest BCUT2D eigenvalue weighted by atomic mass is 9.96. The molecular weight excluding hydrogens is 1510 g/mol. The van der Waals surface area contributed by atoms with Gasteiger partial charge in [0.1, 0.15) is 36.5 Å². The lowest BCUT2D eigenvalue weighted by Crippen LogP contribution is -2.49. The van der Waals surface area contributed by atoms with E-state index in [1.165, 1.54) is 21.5 Å². The molecule has 2 aliphatic heterocycles. The molecule has 0 bridgehead atoms. The van der Waals surface area contributed by atoms with E-state index >= 15 is 0 Å². The molecule has 3 aromatic rings. The normalized spacial score (nSPS) is 20.8. The number of halogens is 1. The van der Waals surface area contributed by atoms with Crippen LogP contribution in [0.1, 0.15) is 133 Å². The predicted molar refractivity (Wildman–Crippen MR) is 477 cm³/mol. The summed E-state index contributed by atoms with van der Waals surface area (Å²) in [6, 6.07) is 31.1. The van der Waals surface area contributed by atoms with E-state index in [1.807, 2.05) is 137 Å². The molecule has 9 atom stereocenters. The minimum atomic E-state index is -2.08. The molecule has 0 aliphatic carbocycles. The summed E-state index contributed by atoms with van der Waals surface area (Å²) < 4.78 is 45.8. The Hall–Kier alpha value is -6.84. The van der Waals surface area contributed by atoms with Gasteiger partial charge in [-0.1, -0.05) is 281 Å². The maximum absolute atomic E-state index is 12.2. The third-order valence-electron chi connectivity index (χ3n) is 17.5. The molecule has 0 radical (unpaired) electrons. The summed E-state index contributed by atoms with van der Waals surface area (Å²) in [6.07, 6.45) is 46.4. The summed E-state index contributed by atoms with van der Waals surface area (Å²) in [5.74, 6) is 0.475. The van der Waals surface area contributed by atoms with Crippen LogP contribution >= 0.6 is 22.8 Å². The number of aliphatic carboxylic acids is 2. The number of Topliss-reactive ketones (excluding diaryl/α,β-unsaturated/α-hetero) is 1. The lowest BCUT2D eigenvalue weighted by Gasteiger charge is -2.42. The second-order valence-electron chi connectivity index (χ2n) is 28.3. The molecule has 624 valence electrons. The molecule has 16 nitrogen and oxygen atoms in total. The predicted octanol–water partition coefficient (Wildman–Crippen LogP) is 19.0. The molecule has 5 rings (SSSR count). The number of methoxy groups -OCH3 is 3. The fraction of sp³-hybridized carbons (Fsp3) is 0.473. The Labute approximate surface area is 684 Å².